The minimum atomic E-state index is -0.204. The highest BCUT2D eigenvalue weighted by Gasteiger charge is 2.11. The Balaban J connectivity index is 2.66. The average Bonchev–Trinajstić information content (AvgIpc) is 2.36. The highest BCUT2D eigenvalue weighted by Crippen LogP contribution is 2.24. The van der Waals surface area contributed by atoms with E-state index in [1.807, 2.05) is 6.07 Å². The monoisotopic (exact) mass is 260 g/mol. The van der Waals surface area contributed by atoms with Crippen LogP contribution in [-0.4, -0.2) is 4.57 Å². The molecule has 0 saturated carbocycles. The summed E-state index contributed by atoms with van der Waals surface area (Å²) in [5.74, 6) is 0. The van der Waals surface area contributed by atoms with Crippen molar-refractivity contribution in [2.45, 2.75) is 0 Å². The Labute approximate surface area is 107 Å². The van der Waals surface area contributed by atoms with Crippen LogP contribution >= 0.6 is 11.6 Å². The number of rotatable bonds is 0. The van der Waals surface area contributed by atoms with E-state index in [1.165, 1.54) is 17.0 Å². The van der Waals surface area contributed by atoms with E-state index in [-0.39, 0.29) is 5.56 Å². The molecule has 0 saturated heterocycles. The van der Waals surface area contributed by atoms with Gasteiger partial charge in [-0.25, -0.2) is 0 Å². The van der Waals surface area contributed by atoms with E-state index in [2.05, 4.69) is 0 Å². The van der Waals surface area contributed by atoms with E-state index in [4.69, 9.17) is 11.6 Å². The fourth-order valence-electron chi connectivity index (χ4n) is 2.18. The van der Waals surface area contributed by atoms with Crippen LogP contribution in [0.2, 0.25) is 5.02 Å². The molecule has 1 aromatic carbocycles. The smallest absolute Gasteiger partial charge is 0.264 e. The molecular weight excluding hydrogens is 252 g/mol. The van der Waals surface area contributed by atoms with E-state index in [1.54, 1.807) is 25.2 Å². The van der Waals surface area contributed by atoms with Gasteiger partial charge in [0, 0.05) is 28.9 Å². The third-order valence-corrected chi connectivity index (χ3v) is 3.32. The summed E-state index contributed by atoms with van der Waals surface area (Å²) >= 11 is 5.95. The highest BCUT2D eigenvalue weighted by atomic mass is 35.5. The summed E-state index contributed by atoms with van der Waals surface area (Å²) in [6.45, 7) is 0. The third-order valence-electron chi connectivity index (χ3n) is 3.08. The Morgan fingerprint density at radius 1 is 1.22 bits per heavy atom. The number of fused-ring (bicyclic) bond motifs is 3. The molecule has 0 atom stereocenters. The van der Waals surface area contributed by atoms with E-state index in [0.29, 0.717) is 15.1 Å². The number of nitrogens with zero attached hydrogens (tertiary/aromatic N) is 2. The maximum Gasteiger partial charge on any atom is 0.264 e. The van der Waals surface area contributed by atoms with Crippen molar-refractivity contribution in [3.05, 3.63) is 57.2 Å². The lowest BCUT2D eigenvalue weighted by Crippen LogP contribution is -2.27. The van der Waals surface area contributed by atoms with Crippen molar-refractivity contribution >= 4 is 33.3 Å². The molecule has 0 aliphatic rings. The standard InChI is InChI=1S/C13H9ClN2O2/c1-15-12-6-8(14)2-3-10(12)9-4-5-16(18)7-11(9)13(15)17/h2-7H,1H3. The molecule has 0 aliphatic heterocycles. The zero-order valence-corrected chi connectivity index (χ0v) is 10.3. The van der Waals surface area contributed by atoms with Crippen LogP contribution in [0.3, 0.4) is 0 Å². The van der Waals surface area contributed by atoms with Gasteiger partial charge in [0.2, 0.25) is 0 Å². The summed E-state index contributed by atoms with van der Waals surface area (Å²) < 4.78 is 2.13. The van der Waals surface area contributed by atoms with Crippen LogP contribution in [0.1, 0.15) is 0 Å². The van der Waals surface area contributed by atoms with Gasteiger partial charge in [0.15, 0.2) is 12.4 Å². The first-order valence-corrected chi connectivity index (χ1v) is 5.76. The maximum atomic E-state index is 12.2. The van der Waals surface area contributed by atoms with E-state index < -0.39 is 0 Å². The van der Waals surface area contributed by atoms with Crippen LogP contribution < -0.4 is 10.3 Å². The Hall–Kier alpha value is -2.07. The molecule has 0 radical (unpaired) electrons. The number of halogens is 1. The van der Waals surface area contributed by atoms with E-state index in [0.717, 1.165) is 16.3 Å². The molecule has 0 amide bonds. The SMILES string of the molecule is Cn1c(=O)c2c[n+]([O-])ccc2c2ccc(Cl)cc21. The van der Waals surface area contributed by atoms with Gasteiger partial charge in [-0.1, -0.05) is 17.7 Å². The van der Waals surface area contributed by atoms with E-state index >= 15 is 0 Å². The second-order valence-electron chi connectivity index (χ2n) is 4.16. The lowest BCUT2D eigenvalue weighted by Gasteiger charge is -2.08. The van der Waals surface area contributed by atoms with Crippen LogP contribution in [0.4, 0.5) is 0 Å². The van der Waals surface area contributed by atoms with Crippen molar-refractivity contribution in [2.75, 3.05) is 0 Å². The molecule has 4 nitrogen and oxygen atoms in total. The van der Waals surface area contributed by atoms with Crippen molar-refractivity contribution < 1.29 is 4.73 Å². The Bertz CT molecular complexity index is 840. The van der Waals surface area contributed by atoms with Crippen LogP contribution in [0.5, 0.6) is 0 Å². The summed E-state index contributed by atoms with van der Waals surface area (Å²) in [6, 6.07) is 7.02. The highest BCUT2D eigenvalue weighted by molar-refractivity contribution is 6.31. The fraction of sp³-hybridized carbons (Fsp3) is 0.0769. The molecule has 3 rings (SSSR count). The first-order chi connectivity index (χ1) is 8.58. The molecule has 0 aliphatic carbocycles. The van der Waals surface area contributed by atoms with Gasteiger partial charge < -0.3 is 9.77 Å². The predicted octanol–water partition coefficient (Wildman–Crippen LogP) is 1.98. The average molecular weight is 261 g/mol. The van der Waals surface area contributed by atoms with Gasteiger partial charge in [-0.05, 0) is 12.1 Å². The summed E-state index contributed by atoms with van der Waals surface area (Å²) in [5, 5.41) is 13.9. The summed E-state index contributed by atoms with van der Waals surface area (Å²) in [6.07, 6.45) is 2.68. The van der Waals surface area contributed by atoms with E-state index in [9.17, 15) is 10.0 Å². The second kappa shape index (κ2) is 3.71. The summed E-state index contributed by atoms with van der Waals surface area (Å²) in [4.78, 5) is 12.2. The fourth-order valence-corrected chi connectivity index (χ4v) is 2.35. The maximum absolute atomic E-state index is 12.2. The largest absolute Gasteiger partial charge is 0.619 e. The normalized spacial score (nSPS) is 11.2. The van der Waals surface area contributed by atoms with Crippen molar-refractivity contribution in [3.63, 3.8) is 0 Å². The Kier molecular flexibility index (Phi) is 2.28. The van der Waals surface area contributed by atoms with Crippen molar-refractivity contribution in [3.8, 4) is 0 Å². The molecule has 0 unspecified atom stereocenters. The zero-order valence-electron chi connectivity index (χ0n) is 9.55. The first-order valence-electron chi connectivity index (χ1n) is 5.39. The molecule has 2 aromatic heterocycles. The molecule has 0 bridgehead atoms. The number of pyridine rings is 2. The number of hydrogen-bond acceptors (Lipinski definition) is 2. The minimum absolute atomic E-state index is 0.204. The van der Waals surface area contributed by atoms with Crippen molar-refractivity contribution in [1.29, 1.82) is 0 Å². The third kappa shape index (κ3) is 1.46. The molecule has 0 fully saturated rings. The Morgan fingerprint density at radius 2 is 2.00 bits per heavy atom. The van der Waals surface area contributed by atoms with Gasteiger partial charge in [-0.15, -0.1) is 0 Å². The van der Waals surface area contributed by atoms with Gasteiger partial charge >= 0.3 is 0 Å². The molecule has 0 spiro atoms. The van der Waals surface area contributed by atoms with Gasteiger partial charge in [0.05, 0.1) is 5.52 Å². The van der Waals surface area contributed by atoms with Gasteiger partial charge in [-0.2, -0.15) is 4.73 Å². The number of benzene rings is 1. The molecule has 0 N–H and O–H groups in total. The number of aromatic nitrogens is 2. The second-order valence-corrected chi connectivity index (χ2v) is 4.59. The molecule has 3 aromatic rings. The summed E-state index contributed by atoms with van der Waals surface area (Å²) in [5.41, 5.74) is 0.550. The van der Waals surface area contributed by atoms with Crippen LogP contribution in [0.15, 0.2) is 41.5 Å². The quantitative estimate of drug-likeness (QED) is 0.353. The van der Waals surface area contributed by atoms with Crippen LogP contribution in [0.25, 0.3) is 21.7 Å². The molecule has 2 heterocycles. The van der Waals surface area contributed by atoms with Gasteiger partial charge in [0.1, 0.15) is 5.39 Å². The Morgan fingerprint density at radius 3 is 2.78 bits per heavy atom. The molecule has 90 valence electrons. The minimum Gasteiger partial charge on any atom is -0.619 e. The molecule has 5 heteroatoms. The zero-order chi connectivity index (χ0) is 12.9. The van der Waals surface area contributed by atoms with Crippen molar-refractivity contribution in [1.82, 2.24) is 4.57 Å². The number of aryl methyl sites for hydroxylation is 1. The van der Waals surface area contributed by atoms with Crippen molar-refractivity contribution in [2.24, 2.45) is 7.05 Å². The predicted molar refractivity (Wildman–Crippen MR) is 70.7 cm³/mol. The lowest BCUT2D eigenvalue weighted by molar-refractivity contribution is -0.603. The summed E-state index contributed by atoms with van der Waals surface area (Å²) in [7, 11) is 1.67. The topological polar surface area (TPSA) is 48.9 Å². The lowest BCUT2D eigenvalue weighted by atomic mass is 10.1. The molecular formula is C13H9ClN2O2. The first kappa shape index (κ1) is 11.0. The van der Waals surface area contributed by atoms with Crippen LogP contribution in [0, 0.1) is 5.21 Å². The van der Waals surface area contributed by atoms with Crippen LogP contribution in [-0.2, 0) is 7.05 Å². The number of hydrogen-bond donors (Lipinski definition) is 0. The van der Waals surface area contributed by atoms with Gasteiger partial charge in [-0.3, -0.25) is 4.79 Å². The van der Waals surface area contributed by atoms with Gasteiger partial charge in [0.25, 0.3) is 5.56 Å². The molecule has 18 heavy (non-hydrogen) atoms.